The third-order valence-corrected chi connectivity index (χ3v) is 2.41. The third kappa shape index (κ3) is 4.99. The minimum absolute atomic E-state index is 0.208. The summed E-state index contributed by atoms with van der Waals surface area (Å²) in [5.74, 6) is -0.506. The monoisotopic (exact) mass is 179 g/mol. The van der Waals surface area contributed by atoms with Crippen LogP contribution in [0.2, 0.25) is 0 Å². The molecular formula is C6H14NO3P. The van der Waals surface area contributed by atoms with Crippen LogP contribution in [-0.2, 0) is 14.1 Å². The summed E-state index contributed by atoms with van der Waals surface area (Å²) in [4.78, 5) is 10.7. The number of methoxy groups -OCH3 is 1. The molecule has 2 N–H and O–H groups in total. The smallest absolute Gasteiger partial charge is 0.323 e. The highest BCUT2D eigenvalue weighted by Gasteiger charge is 2.20. The van der Waals surface area contributed by atoms with Gasteiger partial charge in [0.2, 0.25) is 0 Å². The lowest BCUT2D eigenvalue weighted by Gasteiger charge is -2.11. The predicted molar refractivity (Wildman–Crippen MR) is 44.3 cm³/mol. The van der Waals surface area contributed by atoms with Crippen molar-refractivity contribution in [3.05, 3.63) is 0 Å². The number of rotatable bonds is 3. The van der Waals surface area contributed by atoms with Crippen LogP contribution in [0.15, 0.2) is 0 Å². The van der Waals surface area contributed by atoms with Crippen molar-refractivity contribution in [2.75, 3.05) is 26.6 Å². The molecule has 0 radical (unpaired) electrons. The summed E-state index contributed by atoms with van der Waals surface area (Å²) in [6.45, 7) is 3.19. The molecule has 1 atom stereocenters. The molecule has 11 heavy (non-hydrogen) atoms. The lowest BCUT2D eigenvalue weighted by molar-refractivity contribution is -0.141. The quantitative estimate of drug-likeness (QED) is 0.493. The van der Waals surface area contributed by atoms with Gasteiger partial charge in [-0.2, -0.15) is 0 Å². The van der Waals surface area contributed by atoms with Crippen LogP contribution in [0, 0.1) is 0 Å². The van der Waals surface area contributed by atoms with Gasteiger partial charge in [0.25, 0.3) is 0 Å². The van der Waals surface area contributed by atoms with Crippen molar-refractivity contribution in [2.45, 2.75) is 6.04 Å². The van der Waals surface area contributed by atoms with E-state index in [1.165, 1.54) is 7.11 Å². The van der Waals surface area contributed by atoms with E-state index in [1.54, 1.807) is 13.3 Å². The SMILES string of the molecule is COC(=O)C(N)CP(C)(C)=O. The molecule has 0 aliphatic carbocycles. The first-order valence-electron chi connectivity index (χ1n) is 3.24. The first kappa shape index (κ1) is 10.7. The zero-order valence-corrected chi connectivity index (χ0v) is 7.93. The Morgan fingerprint density at radius 2 is 2.09 bits per heavy atom. The maximum absolute atomic E-state index is 11.2. The van der Waals surface area contributed by atoms with E-state index < -0.39 is 19.2 Å². The van der Waals surface area contributed by atoms with E-state index in [0.29, 0.717) is 0 Å². The Bertz CT molecular complexity index is 186. The topological polar surface area (TPSA) is 69.4 Å². The molecule has 0 heterocycles. The van der Waals surface area contributed by atoms with Crippen molar-refractivity contribution < 1.29 is 14.1 Å². The maximum atomic E-state index is 11.2. The summed E-state index contributed by atoms with van der Waals surface area (Å²) < 4.78 is 15.5. The summed E-state index contributed by atoms with van der Waals surface area (Å²) >= 11 is 0. The Labute approximate surface area is 66.5 Å². The van der Waals surface area contributed by atoms with Crippen LogP contribution in [0.4, 0.5) is 0 Å². The predicted octanol–water partition coefficient (Wildman–Crippen LogP) is 0.109. The fourth-order valence-corrected chi connectivity index (χ4v) is 1.80. The van der Waals surface area contributed by atoms with Crippen molar-refractivity contribution in [1.82, 2.24) is 0 Å². The Morgan fingerprint density at radius 3 is 2.36 bits per heavy atom. The Kier molecular flexibility index (Phi) is 3.76. The number of ether oxygens (including phenoxy) is 1. The van der Waals surface area contributed by atoms with Gasteiger partial charge in [0.15, 0.2) is 0 Å². The molecule has 5 heteroatoms. The van der Waals surface area contributed by atoms with E-state index in [-0.39, 0.29) is 6.16 Å². The fourth-order valence-electron chi connectivity index (χ4n) is 0.700. The standard InChI is InChI=1S/C6H14NO3P/c1-10-6(8)5(7)4-11(2,3)9/h5H,4,7H2,1-3H3. The van der Waals surface area contributed by atoms with Crippen molar-refractivity contribution in [3.63, 3.8) is 0 Å². The maximum Gasteiger partial charge on any atom is 0.323 e. The summed E-state index contributed by atoms with van der Waals surface area (Å²) in [6, 6.07) is -0.749. The third-order valence-electron chi connectivity index (χ3n) is 1.14. The van der Waals surface area contributed by atoms with Gasteiger partial charge in [-0.1, -0.05) is 0 Å². The molecule has 0 aliphatic heterocycles. The number of carbonyl (C=O) groups excluding carboxylic acids is 1. The lowest BCUT2D eigenvalue weighted by atomic mass is 10.4. The Morgan fingerprint density at radius 1 is 1.64 bits per heavy atom. The van der Waals surface area contributed by atoms with E-state index >= 15 is 0 Å². The highest BCUT2D eigenvalue weighted by molar-refractivity contribution is 7.62. The molecule has 0 aromatic carbocycles. The Balaban J connectivity index is 3.98. The molecule has 1 unspecified atom stereocenters. The number of esters is 1. The van der Waals surface area contributed by atoms with Crippen LogP contribution >= 0.6 is 7.14 Å². The molecule has 0 saturated carbocycles. The first-order valence-corrected chi connectivity index (χ1v) is 6.03. The van der Waals surface area contributed by atoms with E-state index in [4.69, 9.17) is 5.73 Å². The van der Waals surface area contributed by atoms with Gasteiger partial charge in [-0.25, -0.2) is 0 Å². The molecule has 0 aromatic heterocycles. The molecule has 0 fully saturated rings. The van der Waals surface area contributed by atoms with E-state index in [9.17, 15) is 9.36 Å². The minimum atomic E-state index is -2.21. The second kappa shape index (κ2) is 3.88. The first-order chi connectivity index (χ1) is 4.87. The van der Waals surface area contributed by atoms with Gasteiger partial charge in [-0.3, -0.25) is 4.79 Å². The van der Waals surface area contributed by atoms with Gasteiger partial charge in [-0.15, -0.1) is 0 Å². The second-order valence-corrected chi connectivity index (χ2v) is 6.40. The largest absolute Gasteiger partial charge is 0.468 e. The molecular weight excluding hydrogens is 165 g/mol. The molecule has 0 saturated heterocycles. The molecule has 0 aromatic rings. The number of nitrogens with two attached hydrogens (primary N) is 1. The van der Waals surface area contributed by atoms with E-state index in [0.717, 1.165) is 0 Å². The zero-order chi connectivity index (χ0) is 9.07. The average molecular weight is 179 g/mol. The zero-order valence-electron chi connectivity index (χ0n) is 7.03. The van der Waals surface area contributed by atoms with Gasteiger partial charge >= 0.3 is 5.97 Å². The highest BCUT2D eigenvalue weighted by atomic mass is 31.2. The molecule has 66 valence electrons. The second-order valence-electron chi connectivity index (χ2n) is 2.89. The molecule has 0 amide bonds. The van der Waals surface area contributed by atoms with Crippen LogP contribution in [0.3, 0.4) is 0 Å². The molecule has 0 aliphatic rings. The van der Waals surface area contributed by atoms with Gasteiger partial charge < -0.3 is 15.0 Å². The van der Waals surface area contributed by atoms with Crippen molar-refractivity contribution >= 4 is 13.1 Å². The summed E-state index contributed by atoms with van der Waals surface area (Å²) in [7, 11) is -0.952. The van der Waals surface area contributed by atoms with Crippen LogP contribution in [0.1, 0.15) is 0 Å². The van der Waals surface area contributed by atoms with E-state index in [1.807, 2.05) is 0 Å². The number of hydrogen-bond acceptors (Lipinski definition) is 4. The molecule has 0 spiro atoms. The highest BCUT2D eigenvalue weighted by Crippen LogP contribution is 2.35. The van der Waals surface area contributed by atoms with Gasteiger partial charge in [-0.05, 0) is 13.3 Å². The summed E-state index contributed by atoms with van der Waals surface area (Å²) in [6.07, 6.45) is 0.208. The van der Waals surface area contributed by atoms with Gasteiger partial charge in [0.1, 0.15) is 6.04 Å². The fraction of sp³-hybridized carbons (Fsp3) is 0.833. The number of hydrogen-bond donors (Lipinski definition) is 1. The average Bonchev–Trinajstić information content (AvgIpc) is 1.82. The van der Waals surface area contributed by atoms with Crippen LogP contribution in [-0.4, -0.2) is 38.6 Å². The number of carbonyl (C=O) groups is 1. The van der Waals surface area contributed by atoms with Crippen molar-refractivity contribution in [3.8, 4) is 0 Å². The minimum Gasteiger partial charge on any atom is -0.468 e. The Hall–Kier alpha value is -0.340. The summed E-state index contributed by atoms with van der Waals surface area (Å²) in [5.41, 5.74) is 5.37. The van der Waals surface area contributed by atoms with Crippen molar-refractivity contribution in [1.29, 1.82) is 0 Å². The summed E-state index contributed by atoms with van der Waals surface area (Å²) in [5, 5.41) is 0. The van der Waals surface area contributed by atoms with Gasteiger partial charge in [0, 0.05) is 6.16 Å². The normalized spacial score (nSPS) is 14.2. The molecule has 0 bridgehead atoms. The van der Waals surface area contributed by atoms with Gasteiger partial charge in [0.05, 0.1) is 14.3 Å². The molecule has 4 nitrogen and oxygen atoms in total. The molecule has 0 rings (SSSR count). The van der Waals surface area contributed by atoms with Crippen LogP contribution < -0.4 is 5.73 Å². The lowest BCUT2D eigenvalue weighted by Crippen LogP contribution is -2.34. The van der Waals surface area contributed by atoms with Crippen molar-refractivity contribution in [2.24, 2.45) is 5.73 Å². The van der Waals surface area contributed by atoms with E-state index in [2.05, 4.69) is 4.74 Å². The van der Waals surface area contributed by atoms with Crippen LogP contribution in [0.25, 0.3) is 0 Å². The van der Waals surface area contributed by atoms with Crippen LogP contribution in [0.5, 0.6) is 0 Å².